The van der Waals surface area contributed by atoms with E-state index in [0.717, 1.165) is 37.6 Å². The number of nitrogens with zero attached hydrogens (tertiary/aromatic N) is 2. The molecule has 1 unspecified atom stereocenters. The van der Waals surface area contributed by atoms with Gasteiger partial charge in [0.1, 0.15) is 5.75 Å². The van der Waals surface area contributed by atoms with Crippen molar-refractivity contribution in [2.75, 3.05) is 44.7 Å². The summed E-state index contributed by atoms with van der Waals surface area (Å²) in [7, 11) is 1.71. The van der Waals surface area contributed by atoms with E-state index in [4.69, 9.17) is 4.74 Å². The predicted octanol–water partition coefficient (Wildman–Crippen LogP) is 3.57. The summed E-state index contributed by atoms with van der Waals surface area (Å²) in [4.78, 5) is 17.2. The van der Waals surface area contributed by atoms with Crippen LogP contribution < -0.4 is 15.0 Å². The summed E-state index contributed by atoms with van der Waals surface area (Å²) in [6.45, 7) is 6.08. The van der Waals surface area contributed by atoms with Crippen LogP contribution in [0.15, 0.2) is 42.5 Å². The molecule has 30 heavy (non-hydrogen) atoms. The van der Waals surface area contributed by atoms with Gasteiger partial charge in [-0.15, -0.1) is 0 Å². The summed E-state index contributed by atoms with van der Waals surface area (Å²) >= 11 is 0. The van der Waals surface area contributed by atoms with E-state index < -0.39 is 0 Å². The zero-order chi connectivity index (χ0) is 20.9. The smallest absolute Gasteiger partial charge is 0.234 e. The van der Waals surface area contributed by atoms with E-state index in [0.29, 0.717) is 6.54 Å². The Morgan fingerprint density at radius 2 is 1.77 bits per heavy atom. The van der Waals surface area contributed by atoms with Crippen molar-refractivity contribution in [3.05, 3.63) is 59.2 Å². The van der Waals surface area contributed by atoms with Crippen LogP contribution in [0, 0.1) is 0 Å². The molecule has 5 heteroatoms. The van der Waals surface area contributed by atoms with Gasteiger partial charge in [0, 0.05) is 26.2 Å². The van der Waals surface area contributed by atoms with Crippen LogP contribution in [0.3, 0.4) is 0 Å². The first kappa shape index (κ1) is 20.7. The zero-order valence-corrected chi connectivity index (χ0v) is 18.2. The van der Waals surface area contributed by atoms with Crippen molar-refractivity contribution in [3.63, 3.8) is 0 Å². The molecule has 0 aromatic heterocycles. The average molecular weight is 408 g/mol. The van der Waals surface area contributed by atoms with Crippen LogP contribution in [-0.2, 0) is 17.6 Å². The maximum Gasteiger partial charge on any atom is 0.234 e. The summed E-state index contributed by atoms with van der Waals surface area (Å²) in [6, 6.07) is 14.9. The van der Waals surface area contributed by atoms with Gasteiger partial charge in [-0.25, -0.2) is 0 Å². The number of aryl methyl sites for hydroxylation is 2. The van der Waals surface area contributed by atoms with Crippen molar-refractivity contribution in [2.24, 2.45) is 0 Å². The summed E-state index contributed by atoms with van der Waals surface area (Å²) in [5.74, 6) is 1.01. The highest BCUT2D eigenvalue weighted by atomic mass is 16.5. The highest BCUT2D eigenvalue weighted by Gasteiger charge is 2.22. The monoisotopic (exact) mass is 407 g/mol. The minimum Gasteiger partial charge on any atom is -0.495 e. The van der Waals surface area contributed by atoms with Gasteiger partial charge in [0.15, 0.2) is 0 Å². The van der Waals surface area contributed by atoms with Crippen molar-refractivity contribution in [3.8, 4) is 5.75 Å². The highest BCUT2D eigenvalue weighted by Crippen LogP contribution is 2.28. The molecule has 2 aromatic rings. The highest BCUT2D eigenvalue weighted by molar-refractivity contribution is 5.78. The number of para-hydroxylation sites is 2. The molecule has 2 aromatic carbocycles. The summed E-state index contributed by atoms with van der Waals surface area (Å²) in [6.07, 6.45) is 4.93. The zero-order valence-electron chi connectivity index (χ0n) is 18.2. The second-order valence-corrected chi connectivity index (χ2v) is 8.46. The Kier molecular flexibility index (Phi) is 6.58. The molecule has 1 amide bonds. The van der Waals surface area contributed by atoms with Crippen LogP contribution in [0.1, 0.15) is 42.5 Å². The van der Waals surface area contributed by atoms with Crippen LogP contribution in [0.2, 0.25) is 0 Å². The SMILES string of the molecule is COc1ccccc1N1CCN(CC(=O)NC(C)c2ccc3c(c2)CCCC3)CC1. The molecule has 0 saturated carbocycles. The maximum absolute atomic E-state index is 12.6. The molecule has 1 fully saturated rings. The quantitative estimate of drug-likeness (QED) is 0.795. The van der Waals surface area contributed by atoms with Gasteiger partial charge in [0.05, 0.1) is 25.4 Å². The van der Waals surface area contributed by atoms with Gasteiger partial charge >= 0.3 is 0 Å². The first-order valence-electron chi connectivity index (χ1n) is 11.2. The molecule has 1 heterocycles. The van der Waals surface area contributed by atoms with E-state index >= 15 is 0 Å². The Labute approximate surface area is 180 Å². The fraction of sp³-hybridized carbons (Fsp3) is 0.480. The second-order valence-electron chi connectivity index (χ2n) is 8.46. The Balaban J connectivity index is 1.28. The number of anilines is 1. The Hall–Kier alpha value is -2.53. The molecule has 0 bridgehead atoms. The Morgan fingerprint density at radius 3 is 2.53 bits per heavy atom. The van der Waals surface area contributed by atoms with Gasteiger partial charge in [-0.3, -0.25) is 9.69 Å². The number of fused-ring (bicyclic) bond motifs is 1. The minimum atomic E-state index is 0.0413. The molecule has 160 valence electrons. The summed E-state index contributed by atoms with van der Waals surface area (Å²) in [5.41, 5.74) is 5.29. The lowest BCUT2D eigenvalue weighted by molar-refractivity contribution is -0.123. The lowest BCUT2D eigenvalue weighted by atomic mass is 9.89. The standard InChI is InChI=1S/C25H33N3O2/c1-19(21-12-11-20-7-3-4-8-22(20)17-21)26-25(29)18-27-13-15-28(16-14-27)23-9-5-6-10-24(23)30-2/h5-6,9-12,17,19H,3-4,7-8,13-16,18H2,1-2H3,(H,26,29). The van der Waals surface area contributed by atoms with Gasteiger partial charge in [-0.05, 0) is 61.4 Å². The third kappa shape index (κ3) is 4.78. The number of amides is 1. The van der Waals surface area contributed by atoms with Gasteiger partial charge in [0.25, 0.3) is 0 Å². The number of carbonyl (C=O) groups excluding carboxylic acids is 1. The number of methoxy groups -OCH3 is 1. The number of nitrogens with one attached hydrogen (secondary N) is 1. The van der Waals surface area contributed by atoms with Crippen LogP contribution in [0.5, 0.6) is 5.75 Å². The summed E-state index contributed by atoms with van der Waals surface area (Å²) in [5, 5.41) is 3.20. The third-order valence-electron chi connectivity index (χ3n) is 6.42. The third-order valence-corrected chi connectivity index (χ3v) is 6.42. The first-order valence-corrected chi connectivity index (χ1v) is 11.2. The van der Waals surface area contributed by atoms with Crippen molar-refractivity contribution >= 4 is 11.6 Å². The molecular formula is C25H33N3O2. The number of carbonyl (C=O) groups is 1. The van der Waals surface area contributed by atoms with Crippen LogP contribution in [0.25, 0.3) is 0 Å². The number of rotatable bonds is 6. The first-order chi connectivity index (χ1) is 14.6. The van der Waals surface area contributed by atoms with Gasteiger partial charge in [0.2, 0.25) is 5.91 Å². The molecule has 1 N–H and O–H groups in total. The van der Waals surface area contributed by atoms with Crippen LogP contribution in [0.4, 0.5) is 5.69 Å². The molecule has 4 rings (SSSR count). The van der Waals surface area contributed by atoms with E-state index in [1.165, 1.54) is 42.4 Å². The number of hydrogen-bond donors (Lipinski definition) is 1. The van der Waals surface area contributed by atoms with Crippen LogP contribution >= 0.6 is 0 Å². The Morgan fingerprint density at radius 1 is 1.03 bits per heavy atom. The normalized spacial score (nSPS) is 17.9. The summed E-state index contributed by atoms with van der Waals surface area (Å²) < 4.78 is 5.49. The average Bonchev–Trinajstić information content (AvgIpc) is 2.79. The van der Waals surface area contributed by atoms with E-state index in [1.807, 2.05) is 18.2 Å². The van der Waals surface area contributed by atoms with Crippen molar-refractivity contribution in [2.45, 2.75) is 38.6 Å². The molecule has 1 aliphatic carbocycles. The van der Waals surface area contributed by atoms with Gasteiger partial charge in [-0.2, -0.15) is 0 Å². The van der Waals surface area contributed by atoms with Crippen molar-refractivity contribution in [1.82, 2.24) is 10.2 Å². The van der Waals surface area contributed by atoms with E-state index in [9.17, 15) is 4.79 Å². The molecule has 1 saturated heterocycles. The van der Waals surface area contributed by atoms with Gasteiger partial charge in [-0.1, -0.05) is 30.3 Å². The molecule has 0 spiro atoms. The number of piperazine rings is 1. The number of hydrogen-bond acceptors (Lipinski definition) is 4. The predicted molar refractivity (Wildman–Crippen MR) is 121 cm³/mol. The fourth-order valence-electron chi connectivity index (χ4n) is 4.63. The lowest BCUT2D eigenvalue weighted by Crippen LogP contribution is -2.49. The topological polar surface area (TPSA) is 44.8 Å². The molecule has 0 radical (unpaired) electrons. The molecule has 2 aliphatic rings. The van der Waals surface area contributed by atoms with Crippen molar-refractivity contribution < 1.29 is 9.53 Å². The van der Waals surface area contributed by atoms with E-state index in [1.54, 1.807) is 7.11 Å². The fourth-order valence-corrected chi connectivity index (χ4v) is 4.63. The van der Waals surface area contributed by atoms with Crippen LogP contribution in [-0.4, -0.2) is 50.6 Å². The van der Waals surface area contributed by atoms with Gasteiger partial charge < -0.3 is 15.0 Å². The second kappa shape index (κ2) is 9.52. The molecule has 1 aliphatic heterocycles. The van der Waals surface area contributed by atoms with Crippen molar-refractivity contribution in [1.29, 1.82) is 0 Å². The lowest BCUT2D eigenvalue weighted by Gasteiger charge is -2.36. The van der Waals surface area contributed by atoms with E-state index in [2.05, 4.69) is 46.3 Å². The molecule has 1 atom stereocenters. The maximum atomic E-state index is 12.6. The largest absolute Gasteiger partial charge is 0.495 e. The Bertz CT molecular complexity index is 874. The number of benzene rings is 2. The number of ether oxygens (including phenoxy) is 1. The molecular weight excluding hydrogens is 374 g/mol. The minimum absolute atomic E-state index is 0.0413. The van der Waals surface area contributed by atoms with E-state index in [-0.39, 0.29) is 11.9 Å². The molecule has 5 nitrogen and oxygen atoms in total.